The summed E-state index contributed by atoms with van der Waals surface area (Å²) in [5, 5.41) is 3.65. The largest absolute Gasteiger partial charge is 0.456 e. The van der Waals surface area contributed by atoms with Gasteiger partial charge in [-0.25, -0.2) is 22.0 Å². The third-order valence-corrected chi connectivity index (χ3v) is 6.51. The Morgan fingerprint density at radius 2 is 1.89 bits per heavy atom. The molecule has 3 heterocycles. The standard InChI is InChI=1S/C17H22F2N4O4S/c1-21-10-13(28(25,26)23-6-4-3-5-7-23)8-14(21)17(24)27-11-12-9-22(2)20-15(12)16(18)19/h8-10,16H,3-7,11H2,1-2H3. The van der Waals surface area contributed by atoms with Crippen LogP contribution in [0.5, 0.6) is 0 Å². The summed E-state index contributed by atoms with van der Waals surface area (Å²) in [6.07, 6.45) is 2.53. The van der Waals surface area contributed by atoms with Crippen molar-refractivity contribution in [3.8, 4) is 0 Å². The highest BCUT2D eigenvalue weighted by molar-refractivity contribution is 7.89. The van der Waals surface area contributed by atoms with Crippen molar-refractivity contribution in [2.75, 3.05) is 13.1 Å². The van der Waals surface area contributed by atoms with Crippen molar-refractivity contribution in [2.24, 2.45) is 14.1 Å². The molecule has 11 heteroatoms. The van der Waals surface area contributed by atoms with Crippen molar-refractivity contribution < 1.29 is 26.7 Å². The van der Waals surface area contributed by atoms with Crippen molar-refractivity contribution >= 4 is 16.0 Å². The predicted octanol–water partition coefficient (Wildman–Crippen LogP) is 2.23. The molecule has 0 radical (unpaired) electrons. The fraction of sp³-hybridized carbons (Fsp3) is 0.529. The zero-order valence-electron chi connectivity index (χ0n) is 15.6. The van der Waals surface area contributed by atoms with E-state index >= 15 is 0 Å². The van der Waals surface area contributed by atoms with Gasteiger partial charge in [0.15, 0.2) is 0 Å². The minimum Gasteiger partial charge on any atom is -0.456 e. The van der Waals surface area contributed by atoms with Gasteiger partial charge in [0, 0.05) is 45.1 Å². The van der Waals surface area contributed by atoms with Crippen LogP contribution in [0, 0.1) is 0 Å². The normalized spacial score (nSPS) is 15.9. The number of halogens is 2. The molecule has 0 aliphatic carbocycles. The van der Waals surface area contributed by atoms with E-state index in [0.29, 0.717) is 13.1 Å². The van der Waals surface area contributed by atoms with E-state index in [1.807, 2.05) is 0 Å². The van der Waals surface area contributed by atoms with Gasteiger partial charge in [-0.3, -0.25) is 4.68 Å². The summed E-state index contributed by atoms with van der Waals surface area (Å²) < 4.78 is 60.5. The monoisotopic (exact) mass is 416 g/mol. The third kappa shape index (κ3) is 4.09. The Kier molecular flexibility index (Phi) is 5.84. The number of hydrogen-bond donors (Lipinski definition) is 0. The first-order chi connectivity index (χ1) is 13.2. The summed E-state index contributed by atoms with van der Waals surface area (Å²) in [4.78, 5) is 12.4. The number of carbonyl (C=O) groups is 1. The van der Waals surface area contributed by atoms with Crippen LogP contribution in [-0.2, 0) is 35.5 Å². The maximum absolute atomic E-state index is 13.0. The lowest BCUT2D eigenvalue weighted by Crippen LogP contribution is -2.35. The van der Waals surface area contributed by atoms with Gasteiger partial charge in [0.05, 0.1) is 0 Å². The Morgan fingerprint density at radius 3 is 2.54 bits per heavy atom. The van der Waals surface area contributed by atoms with Gasteiger partial charge in [-0.15, -0.1) is 0 Å². The zero-order chi connectivity index (χ0) is 20.5. The minimum absolute atomic E-state index is 0.0125. The van der Waals surface area contributed by atoms with Gasteiger partial charge in [0.1, 0.15) is 22.9 Å². The van der Waals surface area contributed by atoms with Crippen LogP contribution in [0.2, 0.25) is 0 Å². The highest BCUT2D eigenvalue weighted by atomic mass is 32.2. The number of piperidine rings is 1. The lowest BCUT2D eigenvalue weighted by atomic mass is 10.2. The van der Waals surface area contributed by atoms with Crippen molar-refractivity contribution in [2.45, 2.75) is 37.2 Å². The third-order valence-electron chi connectivity index (χ3n) is 4.64. The number of ether oxygens (including phenoxy) is 1. The molecule has 1 aliphatic rings. The highest BCUT2D eigenvalue weighted by Gasteiger charge is 2.29. The Labute approximate surface area is 161 Å². The van der Waals surface area contributed by atoms with E-state index < -0.39 is 28.1 Å². The van der Waals surface area contributed by atoms with E-state index in [1.165, 1.54) is 46.1 Å². The fourth-order valence-corrected chi connectivity index (χ4v) is 4.79. The van der Waals surface area contributed by atoms with Crippen LogP contribution in [-0.4, -0.2) is 46.1 Å². The smallest absolute Gasteiger partial charge is 0.355 e. The van der Waals surface area contributed by atoms with Gasteiger partial charge in [-0.05, 0) is 18.9 Å². The van der Waals surface area contributed by atoms with Crippen LogP contribution in [0.15, 0.2) is 23.4 Å². The lowest BCUT2D eigenvalue weighted by Gasteiger charge is -2.25. The summed E-state index contributed by atoms with van der Waals surface area (Å²) in [6.45, 7) is 0.522. The van der Waals surface area contributed by atoms with Gasteiger partial charge in [-0.1, -0.05) is 6.42 Å². The van der Waals surface area contributed by atoms with Crippen LogP contribution in [0.4, 0.5) is 8.78 Å². The average molecular weight is 416 g/mol. The van der Waals surface area contributed by atoms with Crippen molar-refractivity contribution in [1.29, 1.82) is 0 Å². The number of nitrogens with zero attached hydrogens (tertiary/aromatic N) is 4. The molecule has 2 aromatic heterocycles. The first kappa shape index (κ1) is 20.5. The molecule has 0 aromatic carbocycles. The number of aryl methyl sites for hydroxylation is 2. The Hall–Kier alpha value is -2.27. The molecule has 0 bridgehead atoms. The van der Waals surface area contributed by atoms with Crippen LogP contribution < -0.4 is 0 Å². The Balaban J connectivity index is 1.75. The van der Waals surface area contributed by atoms with Gasteiger partial charge >= 0.3 is 5.97 Å². The van der Waals surface area contributed by atoms with E-state index in [4.69, 9.17) is 4.74 Å². The van der Waals surface area contributed by atoms with E-state index in [9.17, 15) is 22.0 Å². The molecule has 0 amide bonds. The molecule has 0 unspecified atom stereocenters. The topological polar surface area (TPSA) is 86.4 Å². The average Bonchev–Trinajstić information content (AvgIpc) is 3.23. The second-order valence-corrected chi connectivity index (χ2v) is 8.66. The highest BCUT2D eigenvalue weighted by Crippen LogP contribution is 2.24. The van der Waals surface area contributed by atoms with E-state index in [0.717, 1.165) is 19.3 Å². The molecule has 8 nitrogen and oxygen atoms in total. The predicted molar refractivity (Wildman–Crippen MR) is 95.3 cm³/mol. The number of carbonyl (C=O) groups excluding carboxylic acids is 1. The molecule has 3 rings (SSSR count). The van der Waals surface area contributed by atoms with E-state index in [-0.39, 0.29) is 22.8 Å². The van der Waals surface area contributed by atoms with E-state index in [2.05, 4.69) is 5.10 Å². The Morgan fingerprint density at radius 1 is 1.21 bits per heavy atom. The van der Waals surface area contributed by atoms with Crippen LogP contribution in [0.3, 0.4) is 0 Å². The molecule has 154 valence electrons. The summed E-state index contributed by atoms with van der Waals surface area (Å²) >= 11 is 0. The SMILES string of the molecule is Cn1cc(COC(=O)c2cc(S(=O)(=O)N3CCCCC3)cn2C)c(C(F)F)n1. The fourth-order valence-electron chi connectivity index (χ4n) is 3.20. The van der Waals surface area contributed by atoms with Crippen molar-refractivity contribution in [3.63, 3.8) is 0 Å². The van der Waals surface area contributed by atoms with Crippen molar-refractivity contribution in [1.82, 2.24) is 18.7 Å². The maximum atomic E-state index is 13.0. The first-order valence-electron chi connectivity index (χ1n) is 8.84. The Bertz CT molecular complexity index is 962. The maximum Gasteiger partial charge on any atom is 0.355 e. The molecule has 0 N–H and O–H groups in total. The number of aromatic nitrogens is 3. The quantitative estimate of drug-likeness (QED) is 0.674. The molecule has 1 saturated heterocycles. The van der Waals surface area contributed by atoms with Gasteiger partial charge < -0.3 is 9.30 Å². The van der Waals surface area contributed by atoms with Gasteiger partial charge in [0.25, 0.3) is 6.43 Å². The molecule has 1 aliphatic heterocycles. The number of sulfonamides is 1. The molecule has 28 heavy (non-hydrogen) atoms. The summed E-state index contributed by atoms with van der Waals surface area (Å²) in [7, 11) is -0.666. The number of hydrogen-bond acceptors (Lipinski definition) is 5. The molecule has 1 fully saturated rings. The molecule has 2 aromatic rings. The van der Waals surface area contributed by atoms with Gasteiger partial charge in [0.2, 0.25) is 10.0 Å². The second-order valence-electron chi connectivity index (χ2n) is 6.73. The van der Waals surface area contributed by atoms with Gasteiger partial charge in [-0.2, -0.15) is 9.40 Å². The number of rotatable bonds is 6. The lowest BCUT2D eigenvalue weighted by molar-refractivity contribution is 0.0453. The summed E-state index contributed by atoms with van der Waals surface area (Å²) in [5.74, 6) is -0.799. The molecule has 0 atom stereocenters. The summed E-state index contributed by atoms with van der Waals surface area (Å²) in [5.41, 5.74) is -0.324. The number of alkyl halides is 2. The minimum atomic E-state index is -3.69. The van der Waals surface area contributed by atoms with E-state index in [1.54, 1.807) is 0 Å². The number of esters is 1. The first-order valence-corrected chi connectivity index (χ1v) is 10.3. The summed E-state index contributed by atoms with van der Waals surface area (Å²) in [6, 6.07) is 1.25. The van der Waals surface area contributed by atoms with Crippen molar-refractivity contribution in [3.05, 3.63) is 35.4 Å². The van der Waals surface area contributed by atoms with Crippen LogP contribution in [0.25, 0.3) is 0 Å². The molecular weight excluding hydrogens is 394 g/mol. The van der Waals surface area contributed by atoms with Crippen LogP contribution >= 0.6 is 0 Å². The molecule has 0 spiro atoms. The zero-order valence-corrected chi connectivity index (χ0v) is 16.5. The van der Waals surface area contributed by atoms with Crippen LogP contribution in [0.1, 0.15) is 47.4 Å². The second kappa shape index (κ2) is 8.00. The molecule has 0 saturated carbocycles. The molecular formula is C17H22F2N4O4S.